The summed E-state index contributed by atoms with van der Waals surface area (Å²) in [7, 11) is 0. The normalized spacial score (nSPS) is 10.5. The molecule has 2 amide bonds. The van der Waals surface area contributed by atoms with Gasteiger partial charge in [-0.25, -0.2) is 14.8 Å². The van der Waals surface area contributed by atoms with Crippen LogP contribution in [0.4, 0.5) is 16.2 Å². The van der Waals surface area contributed by atoms with Crippen LogP contribution in [0.3, 0.4) is 0 Å². The number of benzene rings is 1. The van der Waals surface area contributed by atoms with Crippen LogP contribution in [0.5, 0.6) is 0 Å². The highest BCUT2D eigenvalue weighted by Crippen LogP contribution is 2.25. The van der Waals surface area contributed by atoms with Crippen LogP contribution in [0, 0.1) is 6.92 Å². The number of amides is 2. The molecule has 2 heterocycles. The van der Waals surface area contributed by atoms with Gasteiger partial charge in [0.25, 0.3) is 0 Å². The molecule has 0 saturated heterocycles. The number of nitrogens with one attached hydrogen (secondary N) is 2. The first-order valence-electron chi connectivity index (χ1n) is 7.02. The summed E-state index contributed by atoms with van der Waals surface area (Å²) < 4.78 is 1.85. The van der Waals surface area contributed by atoms with Crippen molar-refractivity contribution in [1.29, 1.82) is 0 Å². The third kappa shape index (κ3) is 3.67. The number of nitrogens with zero attached hydrogens (tertiary/aromatic N) is 3. The fourth-order valence-electron chi connectivity index (χ4n) is 2.09. The molecule has 0 spiro atoms. The third-order valence-corrected chi connectivity index (χ3v) is 3.99. The Morgan fingerprint density at radius 1 is 1.04 bits per heavy atom. The Hall–Kier alpha value is -2.57. The first kappa shape index (κ1) is 16.3. The lowest BCUT2D eigenvalue weighted by Crippen LogP contribution is -2.19. The van der Waals surface area contributed by atoms with Crippen molar-refractivity contribution in [2.75, 3.05) is 10.6 Å². The fourth-order valence-corrected chi connectivity index (χ4v) is 2.39. The quantitative estimate of drug-likeness (QED) is 0.719. The van der Waals surface area contributed by atoms with E-state index in [1.54, 1.807) is 42.7 Å². The molecular weight excluding hydrogens is 349 g/mol. The van der Waals surface area contributed by atoms with E-state index in [4.69, 9.17) is 23.2 Å². The first-order chi connectivity index (χ1) is 11.5. The topological polar surface area (TPSA) is 71.8 Å². The molecule has 0 bridgehead atoms. The Balaban J connectivity index is 1.66. The minimum Gasteiger partial charge on any atom is -0.308 e. The highest BCUT2D eigenvalue weighted by atomic mass is 35.5. The monoisotopic (exact) mass is 361 g/mol. The van der Waals surface area contributed by atoms with Crippen LogP contribution >= 0.6 is 23.2 Å². The zero-order chi connectivity index (χ0) is 17.1. The van der Waals surface area contributed by atoms with Gasteiger partial charge >= 0.3 is 6.03 Å². The highest BCUT2D eigenvalue weighted by Gasteiger charge is 2.06. The Kier molecular flexibility index (Phi) is 4.69. The lowest BCUT2D eigenvalue weighted by molar-refractivity contribution is 0.262. The van der Waals surface area contributed by atoms with Crippen LogP contribution in [0.1, 0.15) is 5.82 Å². The van der Waals surface area contributed by atoms with Crippen molar-refractivity contribution in [1.82, 2.24) is 14.5 Å². The first-order valence-corrected chi connectivity index (χ1v) is 7.78. The number of imidazole rings is 1. The van der Waals surface area contributed by atoms with Gasteiger partial charge < -0.3 is 10.6 Å². The zero-order valence-corrected chi connectivity index (χ0v) is 14.1. The number of carbonyl (C=O) groups is 1. The maximum atomic E-state index is 12.0. The van der Waals surface area contributed by atoms with Gasteiger partial charge in [-0.05, 0) is 37.3 Å². The fraction of sp³-hybridized carbons (Fsp3) is 0.0625. The van der Waals surface area contributed by atoms with Gasteiger partial charge in [-0.2, -0.15) is 0 Å². The van der Waals surface area contributed by atoms with Crippen LogP contribution < -0.4 is 10.6 Å². The number of pyridine rings is 1. The van der Waals surface area contributed by atoms with E-state index in [0.29, 0.717) is 21.4 Å². The molecule has 1 aromatic carbocycles. The van der Waals surface area contributed by atoms with Crippen molar-refractivity contribution in [3.05, 3.63) is 64.8 Å². The number of aryl methyl sites for hydroxylation is 1. The Bertz CT molecular complexity index is 876. The zero-order valence-electron chi connectivity index (χ0n) is 12.6. The van der Waals surface area contributed by atoms with Crippen molar-refractivity contribution < 1.29 is 4.79 Å². The van der Waals surface area contributed by atoms with Gasteiger partial charge in [0, 0.05) is 18.1 Å². The summed E-state index contributed by atoms with van der Waals surface area (Å²) in [4.78, 5) is 20.5. The number of urea groups is 1. The number of rotatable bonds is 3. The molecule has 3 aromatic rings. The molecule has 6 nitrogen and oxygen atoms in total. The standard InChI is InChI=1S/C16H13Cl2N5O/c1-10-19-6-7-23(10)15-5-3-12(9-20-15)22-16(24)21-11-2-4-13(17)14(18)8-11/h2-9H,1H3,(H2,21,22,24). The molecule has 0 radical (unpaired) electrons. The summed E-state index contributed by atoms with van der Waals surface area (Å²) >= 11 is 11.8. The molecule has 0 aliphatic carbocycles. The predicted octanol–water partition coefficient (Wildman–Crippen LogP) is 4.53. The van der Waals surface area contributed by atoms with E-state index in [2.05, 4.69) is 20.6 Å². The van der Waals surface area contributed by atoms with Crippen LogP contribution in [0.25, 0.3) is 5.82 Å². The molecule has 122 valence electrons. The number of hydrogen-bond acceptors (Lipinski definition) is 3. The molecular formula is C16H13Cl2N5O. The van der Waals surface area contributed by atoms with E-state index < -0.39 is 6.03 Å². The molecule has 8 heteroatoms. The van der Waals surface area contributed by atoms with E-state index in [1.807, 2.05) is 17.7 Å². The Labute approximate surface area is 148 Å². The van der Waals surface area contributed by atoms with E-state index in [1.165, 1.54) is 0 Å². The highest BCUT2D eigenvalue weighted by molar-refractivity contribution is 6.42. The number of halogens is 2. The maximum absolute atomic E-state index is 12.0. The average molecular weight is 362 g/mol. The predicted molar refractivity (Wildman–Crippen MR) is 95.2 cm³/mol. The molecule has 24 heavy (non-hydrogen) atoms. The number of hydrogen-bond donors (Lipinski definition) is 2. The van der Waals surface area contributed by atoms with Gasteiger partial charge in [-0.3, -0.25) is 4.57 Å². The van der Waals surface area contributed by atoms with Crippen molar-refractivity contribution in [3.8, 4) is 5.82 Å². The summed E-state index contributed by atoms with van der Waals surface area (Å²) in [5.41, 5.74) is 1.11. The van der Waals surface area contributed by atoms with Gasteiger partial charge in [0.15, 0.2) is 0 Å². The number of anilines is 2. The van der Waals surface area contributed by atoms with Crippen molar-refractivity contribution >= 4 is 40.6 Å². The Morgan fingerprint density at radius 3 is 2.42 bits per heavy atom. The molecule has 0 unspecified atom stereocenters. The largest absolute Gasteiger partial charge is 0.323 e. The molecule has 2 aromatic heterocycles. The van der Waals surface area contributed by atoms with Gasteiger partial charge in [0.2, 0.25) is 0 Å². The average Bonchev–Trinajstić information content (AvgIpc) is 2.98. The van der Waals surface area contributed by atoms with E-state index in [9.17, 15) is 4.79 Å². The molecule has 0 atom stereocenters. The van der Waals surface area contributed by atoms with Crippen molar-refractivity contribution in [2.45, 2.75) is 6.92 Å². The Morgan fingerprint density at radius 2 is 1.79 bits per heavy atom. The second kappa shape index (κ2) is 6.90. The number of aromatic nitrogens is 3. The summed E-state index contributed by atoms with van der Waals surface area (Å²) in [6.45, 7) is 1.89. The van der Waals surface area contributed by atoms with Gasteiger partial charge in [0.05, 0.1) is 21.9 Å². The minimum atomic E-state index is -0.401. The lowest BCUT2D eigenvalue weighted by atomic mass is 10.3. The molecule has 0 fully saturated rings. The summed E-state index contributed by atoms with van der Waals surface area (Å²) in [6, 6.07) is 8.01. The van der Waals surface area contributed by atoms with Crippen LogP contribution in [0.15, 0.2) is 48.9 Å². The third-order valence-electron chi connectivity index (χ3n) is 3.26. The summed E-state index contributed by atoms with van der Waals surface area (Å²) in [5, 5.41) is 6.17. The second-order valence-electron chi connectivity index (χ2n) is 4.96. The lowest BCUT2D eigenvalue weighted by Gasteiger charge is -2.09. The summed E-state index contributed by atoms with van der Waals surface area (Å²) in [5.74, 6) is 1.56. The molecule has 0 aliphatic heterocycles. The van der Waals surface area contributed by atoms with Crippen molar-refractivity contribution in [2.24, 2.45) is 0 Å². The SMILES string of the molecule is Cc1nccn1-c1ccc(NC(=O)Nc2ccc(Cl)c(Cl)c2)cn1. The minimum absolute atomic E-state index is 0.371. The molecule has 0 aliphatic rings. The molecule has 2 N–H and O–H groups in total. The summed E-state index contributed by atoms with van der Waals surface area (Å²) in [6.07, 6.45) is 5.10. The van der Waals surface area contributed by atoms with Gasteiger partial charge in [-0.1, -0.05) is 23.2 Å². The van der Waals surface area contributed by atoms with Crippen molar-refractivity contribution in [3.63, 3.8) is 0 Å². The second-order valence-corrected chi connectivity index (χ2v) is 5.77. The van der Waals surface area contributed by atoms with Crippen LogP contribution in [-0.2, 0) is 0 Å². The van der Waals surface area contributed by atoms with Gasteiger partial charge in [0.1, 0.15) is 11.6 Å². The van der Waals surface area contributed by atoms with Gasteiger partial charge in [-0.15, -0.1) is 0 Å². The van der Waals surface area contributed by atoms with E-state index in [0.717, 1.165) is 11.6 Å². The van der Waals surface area contributed by atoms with E-state index >= 15 is 0 Å². The maximum Gasteiger partial charge on any atom is 0.323 e. The van der Waals surface area contributed by atoms with E-state index in [-0.39, 0.29) is 0 Å². The van der Waals surface area contributed by atoms with Crippen LogP contribution in [-0.4, -0.2) is 20.6 Å². The van der Waals surface area contributed by atoms with Crippen LogP contribution in [0.2, 0.25) is 10.0 Å². The smallest absolute Gasteiger partial charge is 0.308 e. The number of carbonyl (C=O) groups excluding carboxylic acids is 1. The molecule has 3 rings (SSSR count). The molecule has 0 saturated carbocycles.